The summed E-state index contributed by atoms with van der Waals surface area (Å²) < 4.78 is 30.7. The van der Waals surface area contributed by atoms with Crippen LogP contribution >= 0.6 is 11.3 Å². The third kappa shape index (κ3) is 5.68. The zero-order valence-electron chi connectivity index (χ0n) is 20.2. The number of amides is 1. The highest BCUT2D eigenvalue weighted by molar-refractivity contribution is 7.91. The van der Waals surface area contributed by atoms with Crippen molar-refractivity contribution in [1.29, 1.82) is 0 Å². The Morgan fingerprint density at radius 2 is 1.87 bits per heavy atom. The molecule has 4 N–H and O–H groups in total. The lowest BCUT2D eigenvalue weighted by molar-refractivity contribution is -0.129. The Morgan fingerprint density at radius 1 is 1.08 bits per heavy atom. The van der Waals surface area contributed by atoms with Crippen LogP contribution in [0.5, 0.6) is 0 Å². The van der Waals surface area contributed by atoms with Gasteiger partial charge in [0.2, 0.25) is 15.9 Å². The number of hydrogen-bond acceptors (Lipinski definition) is 7. The molecule has 0 fully saturated rings. The standard InChI is InChI=1S/C26H26N6O4S2/c33-25(30-34)12-10-20(14-19-15-27-23-9-5-4-8-22(19)23)32-21(16-28-31-32)17-29-38(35,36)26-13-11-24(37-26)18-6-2-1-3-7-18/h1-9,11,13,15-16,20,27,29,34H,10,12,14,17H2,(H,30,33)/t20-/m1/s1. The highest BCUT2D eigenvalue weighted by Gasteiger charge is 2.22. The van der Waals surface area contributed by atoms with Crippen LogP contribution in [0, 0.1) is 0 Å². The average Bonchev–Trinajstić information content (AvgIpc) is 3.70. The van der Waals surface area contributed by atoms with E-state index in [0.29, 0.717) is 18.5 Å². The molecule has 10 nitrogen and oxygen atoms in total. The highest BCUT2D eigenvalue weighted by atomic mass is 32.2. The van der Waals surface area contributed by atoms with E-state index in [0.717, 1.165) is 26.9 Å². The third-order valence-electron chi connectivity index (χ3n) is 6.30. The molecule has 0 bridgehead atoms. The second-order valence-corrected chi connectivity index (χ2v) is 11.8. The quantitative estimate of drug-likeness (QED) is 0.144. The topological polar surface area (TPSA) is 142 Å². The van der Waals surface area contributed by atoms with Gasteiger partial charge in [0.1, 0.15) is 4.21 Å². The van der Waals surface area contributed by atoms with Gasteiger partial charge in [0.25, 0.3) is 0 Å². The van der Waals surface area contributed by atoms with Crippen LogP contribution in [0.2, 0.25) is 0 Å². The van der Waals surface area contributed by atoms with E-state index in [1.165, 1.54) is 17.5 Å². The molecule has 1 amide bonds. The first-order valence-electron chi connectivity index (χ1n) is 12.0. The van der Waals surface area contributed by atoms with Crippen LogP contribution in [0.3, 0.4) is 0 Å². The van der Waals surface area contributed by atoms with Gasteiger partial charge in [0.15, 0.2) is 0 Å². The van der Waals surface area contributed by atoms with Crippen molar-refractivity contribution >= 4 is 38.2 Å². The Labute approximate surface area is 223 Å². The molecule has 0 unspecified atom stereocenters. The lowest BCUT2D eigenvalue weighted by Crippen LogP contribution is -2.26. The number of H-pyrrole nitrogens is 1. The molecule has 3 aromatic heterocycles. The molecule has 0 aliphatic carbocycles. The van der Waals surface area contributed by atoms with Gasteiger partial charge in [-0.15, -0.1) is 16.4 Å². The SMILES string of the molecule is O=C(CC[C@H](Cc1c[nH]c2ccccc12)n1nncc1CNS(=O)(=O)c1ccc(-c2ccccc2)s1)NO. The van der Waals surface area contributed by atoms with Gasteiger partial charge < -0.3 is 4.98 Å². The van der Waals surface area contributed by atoms with Crippen LogP contribution in [0.1, 0.15) is 30.1 Å². The molecule has 196 valence electrons. The Balaban J connectivity index is 1.35. The van der Waals surface area contributed by atoms with E-state index >= 15 is 0 Å². The fourth-order valence-corrected chi connectivity index (χ4v) is 6.74. The fraction of sp³-hybridized carbons (Fsp3) is 0.192. The van der Waals surface area contributed by atoms with E-state index in [1.54, 1.807) is 22.3 Å². The number of carbonyl (C=O) groups excluding carboxylic acids is 1. The Kier molecular flexibility index (Phi) is 7.65. The number of nitrogens with zero attached hydrogens (tertiary/aromatic N) is 3. The number of para-hydroxylation sites is 1. The zero-order chi connectivity index (χ0) is 26.5. The second kappa shape index (κ2) is 11.3. The molecule has 2 aromatic carbocycles. The summed E-state index contributed by atoms with van der Waals surface area (Å²) >= 11 is 1.20. The van der Waals surface area contributed by atoms with Crippen molar-refractivity contribution in [2.75, 3.05) is 0 Å². The molecule has 38 heavy (non-hydrogen) atoms. The van der Waals surface area contributed by atoms with Crippen LogP contribution in [0.25, 0.3) is 21.3 Å². The Morgan fingerprint density at radius 3 is 2.68 bits per heavy atom. The van der Waals surface area contributed by atoms with Gasteiger partial charge in [0, 0.05) is 28.4 Å². The van der Waals surface area contributed by atoms with Crippen molar-refractivity contribution in [3.8, 4) is 10.4 Å². The number of rotatable bonds is 11. The monoisotopic (exact) mass is 550 g/mol. The number of nitrogens with one attached hydrogen (secondary N) is 3. The maximum absolute atomic E-state index is 13.1. The molecular weight excluding hydrogens is 524 g/mol. The Bertz CT molecular complexity index is 1640. The number of hydroxylamine groups is 1. The minimum atomic E-state index is -3.78. The fourth-order valence-electron chi connectivity index (χ4n) is 4.38. The van der Waals surface area contributed by atoms with Gasteiger partial charge in [-0.1, -0.05) is 53.7 Å². The number of hydrogen-bond donors (Lipinski definition) is 4. The van der Waals surface area contributed by atoms with Crippen molar-refractivity contribution in [3.05, 3.63) is 90.4 Å². The van der Waals surface area contributed by atoms with E-state index in [1.807, 2.05) is 60.8 Å². The number of aromatic nitrogens is 4. The van der Waals surface area contributed by atoms with E-state index in [-0.39, 0.29) is 23.2 Å². The van der Waals surface area contributed by atoms with Crippen molar-refractivity contribution in [1.82, 2.24) is 30.2 Å². The van der Waals surface area contributed by atoms with Crippen molar-refractivity contribution in [3.63, 3.8) is 0 Å². The zero-order valence-corrected chi connectivity index (χ0v) is 21.9. The first kappa shape index (κ1) is 25.8. The van der Waals surface area contributed by atoms with E-state index < -0.39 is 15.9 Å². The molecule has 0 spiro atoms. The molecule has 12 heteroatoms. The summed E-state index contributed by atoms with van der Waals surface area (Å²) in [5, 5.41) is 18.3. The van der Waals surface area contributed by atoms with Crippen molar-refractivity contribution < 1.29 is 18.4 Å². The first-order chi connectivity index (χ1) is 18.4. The molecule has 3 heterocycles. The lowest BCUT2D eigenvalue weighted by atomic mass is 10.0. The minimum Gasteiger partial charge on any atom is -0.361 e. The van der Waals surface area contributed by atoms with Crippen LogP contribution in [0.15, 0.2) is 83.3 Å². The summed E-state index contributed by atoms with van der Waals surface area (Å²) in [5.41, 5.74) is 5.20. The van der Waals surface area contributed by atoms with E-state index in [2.05, 4.69) is 20.0 Å². The number of thiophene rings is 1. The summed E-state index contributed by atoms with van der Waals surface area (Å²) in [6.07, 6.45) is 4.38. The molecular formula is C26H26N6O4S2. The summed E-state index contributed by atoms with van der Waals surface area (Å²) in [7, 11) is -3.78. The Hall–Kier alpha value is -3.84. The molecule has 0 aliphatic rings. The van der Waals surface area contributed by atoms with Gasteiger partial charge >= 0.3 is 0 Å². The number of carbonyl (C=O) groups is 1. The summed E-state index contributed by atoms with van der Waals surface area (Å²) in [5.74, 6) is -0.511. The predicted octanol–water partition coefficient (Wildman–Crippen LogP) is 4.04. The van der Waals surface area contributed by atoms with Gasteiger partial charge in [-0.3, -0.25) is 10.0 Å². The molecule has 1 atom stereocenters. The summed E-state index contributed by atoms with van der Waals surface area (Å²) in [6.45, 7) is -0.0233. The molecule has 5 rings (SSSR count). The highest BCUT2D eigenvalue weighted by Crippen LogP contribution is 2.31. The minimum absolute atomic E-state index is 0.0233. The lowest BCUT2D eigenvalue weighted by Gasteiger charge is -2.19. The summed E-state index contributed by atoms with van der Waals surface area (Å²) in [6, 6.07) is 20.6. The molecule has 5 aromatic rings. The first-order valence-corrected chi connectivity index (χ1v) is 14.3. The molecule has 0 radical (unpaired) electrons. The van der Waals surface area contributed by atoms with Gasteiger partial charge in [-0.05, 0) is 42.2 Å². The van der Waals surface area contributed by atoms with Crippen molar-refractivity contribution in [2.45, 2.75) is 36.1 Å². The predicted molar refractivity (Wildman–Crippen MR) is 144 cm³/mol. The van der Waals surface area contributed by atoms with Crippen molar-refractivity contribution in [2.24, 2.45) is 0 Å². The third-order valence-corrected chi connectivity index (χ3v) is 9.33. The number of aromatic amines is 1. The molecule has 0 aliphatic heterocycles. The molecule has 0 saturated carbocycles. The van der Waals surface area contributed by atoms with Crippen LogP contribution in [-0.4, -0.2) is 39.5 Å². The van der Waals surface area contributed by atoms with E-state index in [9.17, 15) is 13.2 Å². The molecule has 0 saturated heterocycles. The van der Waals surface area contributed by atoms with Gasteiger partial charge in [-0.25, -0.2) is 23.3 Å². The average molecular weight is 551 g/mol. The maximum atomic E-state index is 13.1. The number of fused-ring (bicyclic) bond motifs is 1. The largest absolute Gasteiger partial charge is 0.361 e. The van der Waals surface area contributed by atoms with Crippen LogP contribution in [0.4, 0.5) is 0 Å². The van der Waals surface area contributed by atoms with Gasteiger partial charge in [-0.2, -0.15) is 0 Å². The normalized spacial score (nSPS) is 12.6. The number of sulfonamides is 1. The summed E-state index contributed by atoms with van der Waals surface area (Å²) in [4.78, 5) is 15.9. The van der Waals surface area contributed by atoms with Gasteiger partial charge in [0.05, 0.1) is 24.5 Å². The van der Waals surface area contributed by atoms with Crippen LogP contribution < -0.4 is 10.2 Å². The van der Waals surface area contributed by atoms with Crippen LogP contribution in [-0.2, 0) is 27.8 Å². The number of benzene rings is 2. The van der Waals surface area contributed by atoms with E-state index in [4.69, 9.17) is 5.21 Å². The smallest absolute Gasteiger partial charge is 0.250 e. The maximum Gasteiger partial charge on any atom is 0.250 e. The second-order valence-electron chi connectivity index (χ2n) is 8.77.